The van der Waals surface area contributed by atoms with Gasteiger partial charge in [-0.1, -0.05) is 54.4 Å². The lowest BCUT2D eigenvalue weighted by molar-refractivity contribution is -0.124. The van der Waals surface area contributed by atoms with Gasteiger partial charge in [0, 0.05) is 13.1 Å². The normalized spacial score (nSPS) is 15.8. The highest BCUT2D eigenvalue weighted by Gasteiger charge is 2.21. The number of likely N-dealkylation sites (tertiary alicyclic amines) is 1. The molecule has 1 atom stereocenters. The topological polar surface area (TPSA) is 20.3 Å². The second kappa shape index (κ2) is 17.4. The average Bonchev–Trinajstić information content (AvgIpc) is 2.84. The Morgan fingerprint density at radius 2 is 1.59 bits per heavy atom. The molecule has 0 aliphatic carbocycles. The standard InChI is InChI=1S/C9H13NO.3C2H6/c1-3-4-9(11)10-6-5-8(2)7-10;3*1-2/h8H,5-7H2,1-2H3;3*1-2H3. The summed E-state index contributed by atoms with van der Waals surface area (Å²) in [5.41, 5.74) is 0. The molecule has 1 fully saturated rings. The first kappa shape index (κ1) is 21.3. The van der Waals surface area contributed by atoms with E-state index in [0.29, 0.717) is 5.92 Å². The van der Waals surface area contributed by atoms with E-state index in [4.69, 9.17) is 0 Å². The molecule has 0 spiro atoms. The molecule has 1 heterocycles. The number of carbonyl (C=O) groups is 1. The summed E-state index contributed by atoms with van der Waals surface area (Å²) in [6.07, 6.45) is 1.12. The van der Waals surface area contributed by atoms with Gasteiger partial charge in [-0.2, -0.15) is 0 Å². The summed E-state index contributed by atoms with van der Waals surface area (Å²) in [5, 5.41) is 0. The molecule has 1 unspecified atom stereocenters. The quantitative estimate of drug-likeness (QED) is 0.588. The van der Waals surface area contributed by atoms with Crippen LogP contribution in [0.5, 0.6) is 0 Å². The second-order valence-electron chi connectivity index (χ2n) is 3.02. The van der Waals surface area contributed by atoms with Gasteiger partial charge in [0.1, 0.15) is 0 Å². The predicted molar refractivity (Wildman–Crippen MR) is 77.9 cm³/mol. The molecule has 1 rings (SSSR count). The Balaban J connectivity index is -0.000000285. The van der Waals surface area contributed by atoms with Crippen molar-refractivity contribution in [2.75, 3.05) is 13.1 Å². The van der Waals surface area contributed by atoms with Crippen molar-refractivity contribution in [3.8, 4) is 11.8 Å². The van der Waals surface area contributed by atoms with Crippen LogP contribution in [0.15, 0.2) is 0 Å². The van der Waals surface area contributed by atoms with Crippen molar-refractivity contribution in [3.63, 3.8) is 0 Å². The first-order valence-electron chi connectivity index (χ1n) is 6.95. The number of carbonyl (C=O) groups excluding carboxylic acids is 1. The molecule has 2 heteroatoms. The number of amides is 1. The molecule has 1 amide bonds. The van der Waals surface area contributed by atoms with Crippen LogP contribution in [0, 0.1) is 17.8 Å². The van der Waals surface area contributed by atoms with E-state index >= 15 is 0 Å². The Labute approximate surface area is 109 Å². The highest BCUT2D eigenvalue weighted by Crippen LogP contribution is 2.14. The average molecular weight is 241 g/mol. The lowest BCUT2D eigenvalue weighted by atomic mass is 10.2. The molecule has 0 aromatic carbocycles. The SMILES string of the molecule is CC.CC.CC.CC#CC(=O)N1CCC(C)C1. The third-order valence-corrected chi connectivity index (χ3v) is 1.94. The van der Waals surface area contributed by atoms with Gasteiger partial charge < -0.3 is 4.90 Å². The molecule has 2 nitrogen and oxygen atoms in total. The molecular formula is C15H31NO. The van der Waals surface area contributed by atoms with Crippen LogP contribution < -0.4 is 0 Å². The van der Waals surface area contributed by atoms with Crippen LogP contribution in [0.25, 0.3) is 0 Å². The van der Waals surface area contributed by atoms with E-state index in [1.807, 2.05) is 46.4 Å². The highest BCUT2D eigenvalue weighted by atomic mass is 16.2. The van der Waals surface area contributed by atoms with E-state index in [1.54, 1.807) is 6.92 Å². The minimum Gasteiger partial charge on any atom is -0.332 e. The van der Waals surface area contributed by atoms with Crippen LogP contribution in [-0.4, -0.2) is 23.9 Å². The largest absolute Gasteiger partial charge is 0.332 e. The molecule has 0 aromatic rings. The maximum atomic E-state index is 11.1. The molecule has 0 bridgehead atoms. The maximum absolute atomic E-state index is 11.1. The summed E-state index contributed by atoms with van der Waals surface area (Å²) in [4.78, 5) is 13.0. The lowest BCUT2D eigenvalue weighted by Crippen LogP contribution is -2.26. The molecular weight excluding hydrogens is 210 g/mol. The Hall–Kier alpha value is -0.970. The van der Waals surface area contributed by atoms with Crippen LogP contribution in [0.4, 0.5) is 0 Å². The van der Waals surface area contributed by atoms with Crippen molar-refractivity contribution >= 4 is 5.91 Å². The van der Waals surface area contributed by atoms with E-state index in [-0.39, 0.29) is 5.91 Å². The Bertz CT molecular complexity index is 213. The van der Waals surface area contributed by atoms with Crippen LogP contribution >= 0.6 is 0 Å². The zero-order valence-corrected chi connectivity index (χ0v) is 13.1. The summed E-state index contributed by atoms with van der Waals surface area (Å²) in [5.74, 6) is 5.80. The molecule has 0 radical (unpaired) electrons. The maximum Gasteiger partial charge on any atom is 0.298 e. The van der Waals surface area contributed by atoms with Crippen molar-refractivity contribution in [1.82, 2.24) is 4.90 Å². The van der Waals surface area contributed by atoms with Gasteiger partial charge in [0.15, 0.2) is 0 Å². The summed E-state index contributed by atoms with van der Waals surface area (Å²) in [7, 11) is 0. The van der Waals surface area contributed by atoms with E-state index in [9.17, 15) is 4.79 Å². The zero-order chi connectivity index (χ0) is 14.3. The fourth-order valence-electron chi connectivity index (χ4n) is 1.31. The smallest absolute Gasteiger partial charge is 0.298 e. The number of nitrogens with zero attached hydrogens (tertiary/aromatic N) is 1. The van der Waals surface area contributed by atoms with E-state index in [1.165, 1.54) is 0 Å². The third kappa shape index (κ3) is 11.3. The first-order chi connectivity index (χ1) is 8.24. The molecule has 1 saturated heterocycles. The number of rotatable bonds is 0. The monoisotopic (exact) mass is 241 g/mol. The molecule has 0 aromatic heterocycles. The Kier molecular flexibility index (Phi) is 21.9. The van der Waals surface area contributed by atoms with Gasteiger partial charge in [0.2, 0.25) is 0 Å². The summed E-state index contributed by atoms with van der Waals surface area (Å²) >= 11 is 0. The minimum atomic E-state index is -0.0168. The fraction of sp³-hybridized carbons (Fsp3) is 0.800. The third-order valence-electron chi connectivity index (χ3n) is 1.94. The molecule has 102 valence electrons. The van der Waals surface area contributed by atoms with E-state index in [2.05, 4.69) is 18.8 Å². The van der Waals surface area contributed by atoms with E-state index in [0.717, 1.165) is 19.5 Å². The summed E-state index contributed by atoms with van der Waals surface area (Å²) in [6, 6.07) is 0. The number of hydrogen-bond donors (Lipinski definition) is 0. The Morgan fingerprint density at radius 1 is 1.12 bits per heavy atom. The molecule has 0 saturated carbocycles. The van der Waals surface area contributed by atoms with Crippen molar-refractivity contribution in [1.29, 1.82) is 0 Å². The van der Waals surface area contributed by atoms with Gasteiger partial charge in [-0.25, -0.2) is 0 Å². The van der Waals surface area contributed by atoms with Crippen molar-refractivity contribution in [2.24, 2.45) is 5.92 Å². The lowest BCUT2D eigenvalue weighted by Gasteiger charge is -2.10. The second-order valence-corrected chi connectivity index (χ2v) is 3.02. The van der Waals surface area contributed by atoms with Crippen molar-refractivity contribution in [2.45, 2.75) is 61.8 Å². The summed E-state index contributed by atoms with van der Waals surface area (Å²) in [6.45, 7) is 17.6. The molecule has 17 heavy (non-hydrogen) atoms. The molecule has 1 aliphatic heterocycles. The van der Waals surface area contributed by atoms with Gasteiger partial charge in [-0.3, -0.25) is 4.79 Å². The van der Waals surface area contributed by atoms with E-state index < -0.39 is 0 Å². The molecule has 1 aliphatic rings. The number of hydrogen-bond acceptors (Lipinski definition) is 1. The van der Waals surface area contributed by atoms with Gasteiger partial charge in [-0.15, -0.1) is 0 Å². The minimum absolute atomic E-state index is 0.0168. The van der Waals surface area contributed by atoms with Gasteiger partial charge in [0.05, 0.1) is 0 Å². The molecule has 0 N–H and O–H groups in total. The van der Waals surface area contributed by atoms with Gasteiger partial charge in [-0.05, 0) is 25.2 Å². The van der Waals surface area contributed by atoms with Crippen LogP contribution in [-0.2, 0) is 4.79 Å². The van der Waals surface area contributed by atoms with Crippen molar-refractivity contribution in [3.05, 3.63) is 0 Å². The van der Waals surface area contributed by atoms with Gasteiger partial charge in [0.25, 0.3) is 5.91 Å². The van der Waals surface area contributed by atoms with Crippen LogP contribution in [0.3, 0.4) is 0 Å². The summed E-state index contributed by atoms with van der Waals surface area (Å²) < 4.78 is 0. The highest BCUT2D eigenvalue weighted by molar-refractivity contribution is 5.93. The van der Waals surface area contributed by atoms with Crippen molar-refractivity contribution < 1.29 is 4.79 Å². The van der Waals surface area contributed by atoms with Crippen LogP contribution in [0.2, 0.25) is 0 Å². The van der Waals surface area contributed by atoms with Crippen LogP contribution in [0.1, 0.15) is 61.8 Å². The zero-order valence-electron chi connectivity index (χ0n) is 13.1. The Morgan fingerprint density at radius 3 is 1.88 bits per heavy atom. The fourth-order valence-corrected chi connectivity index (χ4v) is 1.31. The first-order valence-corrected chi connectivity index (χ1v) is 6.95. The van der Waals surface area contributed by atoms with Gasteiger partial charge >= 0.3 is 0 Å². The predicted octanol–water partition coefficient (Wildman–Crippen LogP) is 3.96.